The number of hydrogen-bond donors (Lipinski definition) is 2. The number of pyridine rings is 1. The van der Waals surface area contributed by atoms with Gasteiger partial charge in [-0.2, -0.15) is 0 Å². The van der Waals surface area contributed by atoms with Crippen molar-refractivity contribution in [2.75, 3.05) is 26.2 Å². The zero-order valence-electron chi connectivity index (χ0n) is 15.9. The lowest BCUT2D eigenvalue weighted by atomic mass is 10.0. The number of aliphatic hydroxyl groups excluding tert-OH is 2. The van der Waals surface area contributed by atoms with E-state index in [9.17, 15) is 10.2 Å². The van der Waals surface area contributed by atoms with Crippen LogP contribution in [-0.4, -0.2) is 58.5 Å². The van der Waals surface area contributed by atoms with Crippen molar-refractivity contribution in [2.45, 2.75) is 25.0 Å². The number of fused-ring (bicyclic) bond motifs is 1. The van der Waals surface area contributed by atoms with Gasteiger partial charge in [-0.3, -0.25) is 4.98 Å². The second-order valence-electron chi connectivity index (χ2n) is 7.46. The number of ether oxygens (including phenoxy) is 1. The molecule has 1 saturated heterocycles. The van der Waals surface area contributed by atoms with Crippen molar-refractivity contribution in [2.24, 2.45) is 0 Å². The maximum atomic E-state index is 10.3. The van der Waals surface area contributed by atoms with E-state index in [4.69, 9.17) is 4.74 Å². The molecule has 1 aliphatic rings. The summed E-state index contributed by atoms with van der Waals surface area (Å²) in [6.45, 7) is 2.48. The molecular formula is C23H26N2O3. The standard InChI is InChI=1S/C23H26N2O3/c26-21-7-10-25(11-8-21)15-22(27)16-28-23-6-5-17-3-4-18(12-20(17)13-23)19-2-1-9-24-14-19/h1-6,9,12-14,21-22,26-27H,7-8,10-11,15-16H2. The molecule has 2 heterocycles. The van der Waals surface area contributed by atoms with Crippen LogP contribution in [0, 0.1) is 0 Å². The quantitative estimate of drug-likeness (QED) is 0.690. The minimum Gasteiger partial charge on any atom is -0.491 e. The Balaban J connectivity index is 1.39. The van der Waals surface area contributed by atoms with Crippen LogP contribution in [0.2, 0.25) is 0 Å². The molecule has 0 saturated carbocycles. The minimum atomic E-state index is -0.548. The van der Waals surface area contributed by atoms with E-state index in [0.29, 0.717) is 6.54 Å². The number of likely N-dealkylation sites (tertiary alicyclic amines) is 1. The van der Waals surface area contributed by atoms with Crippen molar-refractivity contribution in [3.8, 4) is 16.9 Å². The fraction of sp³-hybridized carbons (Fsp3) is 0.348. The van der Waals surface area contributed by atoms with Crippen LogP contribution in [0.5, 0.6) is 5.75 Å². The molecule has 1 unspecified atom stereocenters. The highest BCUT2D eigenvalue weighted by Crippen LogP contribution is 2.27. The van der Waals surface area contributed by atoms with Crippen LogP contribution in [0.3, 0.4) is 0 Å². The summed E-state index contributed by atoms with van der Waals surface area (Å²) < 4.78 is 5.85. The first-order valence-electron chi connectivity index (χ1n) is 9.83. The molecule has 0 radical (unpaired) electrons. The van der Waals surface area contributed by atoms with Gasteiger partial charge in [0, 0.05) is 37.6 Å². The number of piperidine rings is 1. The first-order chi connectivity index (χ1) is 13.7. The average molecular weight is 378 g/mol. The lowest BCUT2D eigenvalue weighted by Gasteiger charge is -2.30. The molecular weight excluding hydrogens is 352 g/mol. The molecule has 1 fully saturated rings. The van der Waals surface area contributed by atoms with Crippen LogP contribution in [0.4, 0.5) is 0 Å². The summed E-state index contributed by atoms with van der Waals surface area (Å²) >= 11 is 0. The number of nitrogens with zero attached hydrogens (tertiary/aromatic N) is 2. The van der Waals surface area contributed by atoms with Crippen LogP contribution in [0.1, 0.15) is 12.8 Å². The van der Waals surface area contributed by atoms with E-state index in [-0.39, 0.29) is 12.7 Å². The van der Waals surface area contributed by atoms with Gasteiger partial charge in [0.15, 0.2) is 0 Å². The number of hydrogen-bond acceptors (Lipinski definition) is 5. The Morgan fingerprint density at radius 3 is 2.64 bits per heavy atom. The molecule has 0 amide bonds. The lowest BCUT2D eigenvalue weighted by molar-refractivity contribution is 0.0338. The fourth-order valence-electron chi connectivity index (χ4n) is 3.67. The summed E-state index contributed by atoms with van der Waals surface area (Å²) in [7, 11) is 0. The van der Waals surface area contributed by atoms with Gasteiger partial charge in [0.25, 0.3) is 0 Å². The second kappa shape index (κ2) is 8.69. The highest BCUT2D eigenvalue weighted by atomic mass is 16.5. The topological polar surface area (TPSA) is 65.8 Å². The van der Waals surface area contributed by atoms with Crippen molar-refractivity contribution >= 4 is 10.8 Å². The van der Waals surface area contributed by atoms with E-state index in [1.165, 1.54) is 0 Å². The third kappa shape index (κ3) is 4.68. The second-order valence-corrected chi connectivity index (χ2v) is 7.46. The Morgan fingerprint density at radius 2 is 1.86 bits per heavy atom. The van der Waals surface area contributed by atoms with Gasteiger partial charge in [0.1, 0.15) is 18.5 Å². The molecule has 2 N–H and O–H groups in total. The Hall–Kier alpha value is -2.47. The van der Waals surface area contributed by atoms with Gasteiger partial charge in [-0.15, -0.1) is 0 Å². The minimum absolute atomic E-state index is 0.196. The molecule has 1 atom stereocenters. The van der Waals surface area contributed by atoms with Crippen LogP contribution in [-0.2, 0) is 0 Å². The Morgan fingerprint density at radius 1 is 1.04 bits per heavy atom. The van der Waals surface area contributed by atoms with Crippen molar-refractivity contribution in [1.29, 1.82) is 0 Å². The van der Waals surface area contributed by atoms with E-state index >= 15 is 0 Å². The molecule has 3 aromatic rings. The maximum absolute atomic E-state index is 10.3. The van der Waals surface area contributed by atoms with E-state index in [1.807, 2.05) is 36.5 Å². The smallest absolute Gasteiger partial charge is 0.120 e. The third-order valence-corrected chi connectivity index (χ3v) is 5.28. The zero-order valence-corrected chi connectivity index (χ0v) is 15.9. The molecule has 28 heavy (non-hydrogen) atoms. The van der Waals surface area contributed by atoms with Crippen molar-refractivity contribution < 1.29 is 14.9 Å². The fourth-order valence-corrected chi connectivity index (χ4v) is 3.67. The van der Waals surface area contributed by atoms with E-state index in [0.717, 1.165) is 53.6 Å². The zero-order chi connectivity index (χ0) is 19.3. The SMILES string of the molecule is OC1CCN(CC(O)COc2ccc3ccc(-c4cccnc4)cc3c2)CC1. The lowest BCUT2D eigenvalue weighted by Crippen LogP contribution is -2.41. The molecule has 4 rings (SSSR count). The summed E-state index contributed by atoms with van der Waals surface area (Å²) in [5.74, 6) is 0.754. The Labute approximate surface area is 165 Å². The van der Waals surface area contributed by atoms with E-state index < -0.39 is 6.10 Å². The van der Waals surface area contributed by atoms with Gasteiger partial charge >= 0.3 is 0 Å². The first-order valence-corrected chi connectivity index (χ1v) is 9.83. The van der Waals surface area contributed by atoms with Gasteiger partial charge in [-0.25, -0.2) is 0 Å². The van der Waals surface area contributed by atoms with Gasteiger partial charge in [-0.1, -0.05) is 24.3 Å². The molecule has 5 nitrogen and oxygen atoms in total. The highest BCUT2D eigenvalue weighted by molar-refractivity contribution is 5.88. The molecule has 2 aromatic carbocycles. The third-order valence-electron chi connectivity index (χ3n) is 5.28. The maximum Gasteiger partial charge on any atom is 0.120 e. The van der Waals surface area contributed by atoms with Crippen molar-refractivity contribution in [3.63, 3.8) is 0 Å². The molecule has 1 aromatic heterocycles. The van der Waals surface area contributed by atoms with Gasteiger partial charge in [0.2, 0.25) is 0 Å². The Kier molecular flexibility index (Phi) is 5.86. The van der Waals surface area contributed by atoms with Gasteiger partial charge in [-0.05, 0) is 53.4 Å². The number of aliphatic hydroxyl groups is 2. The number of aromatic nitrogens is 1. The normalized spacial score (nSPS) is 16.9. The molecule has 1 aliphatic heterocycles. The van der Waals surface area contributed by atoms with Crippen LogP contribution >= 0.6 is 0 Å². The van der Waals surface area contributed by atoms with Gasteiger partial charge < -0.3 is 19.8 Å². The van der Waals surface area contributed by atoms with Crippen LogP contribution in [0.15, 0.2) is 60.9 Å². The summed E-state index contributed by atoms with van der Waals surface area (Å²) in [4.78, 5) is 6.37. The number of rotatable bonds is 6. The molecule has 0 aliphatic carbocycles. The summed E-state index contributed by atoms with van der Waals surface area (Å²) in [6.07, 6.45) is 4.44. The summed E-state index contributed by atoms with van der Waals surface area (Å²) in [5, 5.41) is 22.1. The first kappa shape index (κ1) is 18.9. The monoisotopic (exact) mass is 378 g/mol. The number of β-amino-alcohol motifs (C(OH)–C–C–N with tert-alkyl or cyclic N) is 1. The predicted octanol–water partition coefficient (Wildman–Crippen LogP) is 3.10. The largest absolute Gasteiger partial charge is 0.491 e. The molecule has 146 valence electrons. The summed E-state index contributed by atoms with van der Waals surface area (Å²) in [6, 6.07) is 16.3. The van der Waals surface area contributed by atoms with Crippen LogP contribution < -0.4 is 4.74 Å². The van der Waals surface area contributed by atoms with E-state index in [2.05, 4.69) is 28.1 Å². The molecule has 0 bridgehead atoms. The predicted molar refractivity (Wildman–Crippen MR) is 110 cm³/mol. The molecule has 0 spiro atoms. The molecule has 5 heteroatoms. The van der Waals surface area contributed by atoms with Gasteiger partial charge in [0.05, 0.1) is 6.10 Å². The average Bonchev–Trinajstić information content (AvgIpc) is 2.74. The van der Waals surface area contributed by atoms with Crippen LogP contribution in [0.25, 0.3) is 21.9 Å². The number of benzene rings is 2. The van der Waals surface area contributed by atoms with Crippen molar-refractivity contribution in [1.82, 2.24) is 9.88 Å². The van der Waals surface area contributed by atoms with E-state index in [1.54, 1.807) is 6.20 Å². The summed E-state index contributed by atoms with van der Waals surface area (Å²) in [5.41, 5.74) is 2.20. The highest BCUT2D eigenvalue weighted by Gasteiger charge is 2.19. The Bertz CT molecular complexity index is 908. The van der Waals surface area contributed by atoms with Crippen molar-refractivity contribution in [3.05, 3.63) is 60.9 Å².